The third kappa shape index (κ3) is 4.56. The number of aryl methyl sites for hydroxylation is 1. The van der Waals surface area contributed by atoms with Gasteiger partial charge in [-0.2, -0.15) is 0 Å². The van der Waals surface area contributed by atoms with Crippen LogP contribution in [0.5, 0.6) is 0 Å². The second kappa shape index (κ2) is 8.00. The normalized spacial score (nSPS) is 16.6. The van der Waals surface area contributed by atoms with Gasteiger partial charge in [-0.25, -0.2) is 0 Å². The standard InChI is InChI=1S/C15H28N2OS/c1-6-11(2)17(9-10-18-5)15(13(4)16)14-8-7-12(3)19-14/h7-8,11,13,15H,6,9-10,16H2,1-5H3. The van der Waals surface area contributed by atoms with E-state index in [-0.39, 0.29) is 12.1 Å². The number of methoxy groups -OCH3 is 1. The summed E-state index contributed by atoms with van der Waals surface area (Å²) in [5.41, 5.74) is 6.27. The Morgan fingerprint density at radius 2 is 2.05 bits per heavy atom. The van der Waals surface area contributed by atoms with Crippen molar-refractivity contribution in [3.63, 3.8) is 0 Å². The second-order valence-electron chi connectivity index (χ2n) is 5.24. The van der Waals surface area contributed by atoms with Gasteiger partial charge in [-0.3, -0.25) is 4.90 Å². The molecule has 0 spiro atoms. The lowest BCUT2D eigenvalue weighted by molar-refractivity contribution is 0.0801. The molecule has 3 unspecified atom stereocenters. The lowest BCUT2D eigenvalue weighted by Crippen LogP contribution is -2.45. The summed E-state index contributed by atoms with van der Waals surface area (Å²) >= 11 is 1.85. The number of nitrogens with zero attached hydrogens (tertiary/aromatic N) is 1. The van der Waals surface area contributed by atoms with Gasteiger partial charge in [-0.1, -0.05) is 6.92 Å². The van der Waals surface area contributed by atoms with Crippen LogP contribution >= 0.6 is 11.3 Å². The molecule has 1 heterocycles. The number of thiophene rings is 1. The summed E-state index contributed by atoms with van der Waals surface area (Å²) < 4.78 is 5.26. The summed E-state index contributed by atoms with van der Waals surface area (Å²) in [6.07, 6.45) is 1.12. The third-order valence-electron chi connectivity index (χ3n) is 3.62. The zero-order chi connectivity index (χ0) is 14.4. The molecule has 0 radical (unpaired) electrons. The van der Waals surface area contributed by atoms with E-state index in [0.29, 0.717) is 6.04 Å². The zero-order valence-electron chi connectivity index (χ0n) is 12.8. The third-order valence-corrected chi connectivity index (χ3v) is 4.69. The van der Waals surface area contributed by atoms with Crippen LogP contribution in [-0.2, 0) is 4.74 Å². The molecule has 0 fully saturated rings. The first-order valence-electron chi connectivity index (χ1n) is 7.07. The van der Waals surface area contributed by atoms with E-state index in [4.69, 9.17) is 10.5 Å². The van der Waals surface area contributed by atoms with Crippen LogP contribution in [0.2, 0.25) is 0 Å². The van der Waals surface area contributed by atoms with Gasteiger partial charge in [0.15, 0.2) is 0 Å². The van der Waals surface area contributed by atoms with Gasteiger partial charge < -0.3 is 10.5 Å². The van der Waals surface area contributed by atoms with Crippen LogP contribution < -0.4 is 5.73 Å². The Morgan fingerprint density at radius 1 is 1.37 bits per heavy atom. The quantitative estimate of drug-likeness (QED) is 0.797. The van der Waals surface area contributed by atoms with Gasteiger partial charge in [0.1, 0.15) is 0 Å². The predicted octanol–water partition coefficient (Wildman–Crippen LogP) is 3.19. The van der Waals surface area contributed by atoms with Gasteiger partial charge in [-0.05, 0) is 39.3 Å². The van der Waals surface area contributed by atoms with Crippen LogP contribution in [0.4, 0.5) is 0 Å². The van der Waals surface area contributed by atoms with Gasteiger partial charge >= 0.3 is 0 Å². The molecule has 1 aromatic rings. The van der Waals surface area contributed by atoms with E-state index >= 15 is 0 Å². The molecule has 0 saturated carbocycles. The second-order valence-corrected chi connectivity index (χ2v) is 6.56. The Balaban J connectivity index is 2.97. The lowest BCUT2D eigenvalue weighted by atomic mass is 10.0. The number of ether oxygens (including phenoxy) is 1. The van der Waals surface area contributed by atoms with Crippen LogP contribution in [0, 0.1) is 6.92 Å². The van der Waals surface area contributed by atoms with Crippen molar-refractivity contribution in [1.29, 1.82) is 0 Å². The predicted molar refractivity (Wildman–Crippen MR) is 83.8 cm³/mol. The number of hydrogen-bond acceptors (Lipinski definition) is 4. The fourth-order valence-electron chi connectivity index (χ4n) is 2.40. The van der Waals surface area contributed by atoms with Gasteiger partial charge in [0.25, 0.3) is 0 Å². The fraction of sp³-hybridized carbons (Fsp3) is 0.733. The highest BCUT2D eigenvalue weighted by Crippen LogP contribution is 2.31. The highest BCUT2D eigenvalue weighted by atomic mass is 32.1. The first-order chi connectivity index (χ1) is 9.01. The molecule has 4 heteroatoms. The van der Waals surface area contributed by atoms with Crippen molar-refractivity contribution >= 4 is 11.3 Å². The van der Waals surface area contributed by atoms with Crippen molar-refractivity contribution in [3.05, 3.63) is 21.9 Å². The Kier molecular flexibility index (Phi) is 7.00. The van der Waals surface area contributed by atoms with Crippen molar-refractivity contribution in [2.24, 2.45) is 5.73 Å². The average Bonchev–Trinajstić information content (AvgIpc) is 2.79. The van der Waals surface area contributed by atoms with Gasteiger partial charge in [0.05, 0.1) is 12.6 Å². The molecule has 0 saturated heterocycles. The van der Waals surface area contributed by atoms with E-state index in [1.807, 2.05) is 11.3 Å². The zero-order valence-corrected chi connectivity index (χ0v) is 13.7. The maximum atomic E-state index is 6.27. The molecule has 3 atom stereocenters. The highest BCUT2D eigenvalue weighted by Gasteiger charge is 2.28. The van der Waals surface area contributed by atoms with E-state index in [9.17, 15) is 0 Å². The highest BCUT2D eigenvalue weighted by molar-refractivity contribution is 7.12. The van der Waals surface area contributed by atoms with Crippen molar-refractivity contribution in [1.82, 2.24) is 4.90 Å². The summed E-state index contributed by atoms with van der Waals surface area (Å²) in [4.78, 5) is 5.19. The van der Waals surface area contributed by atoms with Crippen LogP contribution in [0.3, 0.4) is 0 Å². The summed E-state index contributed by atoms with van der Waals surface area (Å²) in [5.74, 6) is 0. The Bertz CT molecular complexity index is 365. The Hall–Kier alpha value is -0.420. The molecule has 0 amide bonds. The molecule has 3 nitrogen and oxygen atoms in total. The molecule has 2 N–H and O–H groups in total. The largest absolute Gasteiger partial charge is 0.383 e. The van der Waals surface area contributed by atoms with Crippen LogP contribution in [0.1, 0.15) is 43.0 Å². The molecular formula is C15H28N2OS. The molecule has 1 rings (SSSR count). The molecule has 110 valence electrons. The summed E-state index contributed by atoms with van der Waals surface area (Å²) in [5, 5.41) is 0. The molecule has 0 aliphatic carbocycles. The molecule has 0 bridgehead atoms. The molecule has 19 heavy (non-hydrogen) atoms. The Morgan fingerprint density at radius 3 is 2.47 bits per heavy atom. The van der Waals surface area contributed by atoms with Crippen molar-refractivity contribution in [3.8, 4) is 0 Å². The monoisotopic (exact) mass is 284 g/mol. The minimum atomic E-state index is 0.115. The van der Waals surface area contributed by atoms with Crippen LogP contribution in [0.15, 0.2) is 12.1 Å². The van der Waals surface area contributed by atoms with E-state index in [2.05, 4.69) is 44.7 Å². The topological polar surface area (TPSA) is 38.5 Å². The Labute approximate surface area is 121 Å². The number of nitrogens with two attached hydrogens (primary N) is 1. The lowest BCUT2D eigenvalue weighted by Gasteiger charge is -2.37. The first kappa shape index (κ1) is 16.6. The van der Waals surface area contributed by atoms with Crippen molar-refractivity contribution < 1.29 is 4.74 Å². The molecule has 0 aliphatic heterocycles. The van der Waals surface area contributed by atoms with Crippen LogP contribution in [-0.4, -0.2) is 37.2 Å². The number of hydrogen-bond donors (Lipinski definition) is 1. The van der Waals surface area contributed by atoms with Gasteiger partial charge in [-0.15, -0.1) is 11.3 Å². The van der Waals surface area contributed by atoms with Gasteiger partial charge in [0, 0.05) is 35.5 Å². The van der Waals surface area contributed by atoms with E-state index in [0.717, 1.165) is 19.6 Å². The van der Waals surface area contributed by atoms with Crippen LogP contribution in [0.25, 0.3) is 0 Å². The van der Waals surface area contributed by atoms with E-state index in [1.165, 1.54) is 9.75 Å². The first-order valence-corrected chi connectivity index (χ1v) is 7.89. The summed E-state index contributed by atoms with van der Waals surface area (Å²) in [6, 6.07) is 5.30. The molecule has 0 aliphatic rings. The summed E-state index contributed by atoms with van der Waals surface area (Å²) in [7, 11) is 1.75. The average molecular weight is 284 g/mol. The minimum Gasteiger partial charge on any atom is -0.383 e. The molecule has 1 aromatic heterocycles. The van der Waals surface area contributed by atoms with Gasteiger partial charge in [0.2, 0.25) is 0 Å². The van der Waals surface area contributed by atoms with Crippen molar-refractivity contribution in [2.75, 3.05) is 20.3 Å². The minimum absolute atomic E-state index is 0.115. The molecular weight excluding hydrogens is 256 g/mol. The fourth-order valence-corrected chi connectivity index (χ4v) is 3.52. The SMILES string of the molecule is CCC(C)N(CCOC)C(c1ccc(C)s1)C(C)N. The van der Waals surface area contributed by atoms with Crippen molar-refractivity contribution in [2.45, 2.75) is 52.2 Å². The number of rotatable bonds is 8. The summed E-state index contributed by atoms with van der Waals surface area (Å²) in [6.45, 7) is 10.4. The van der Waals surface area contributed by atoms with E-state index < -0.39 is 0 Å². The maximum Gasteiger partial charge on any atom is 0.0593 e. The molecule has 0 aromatic carbocycles. The smallest absolute Gasteiger partial charge is 0.0593 e. The van der Waals surface area contributed by atoms with E-state index in [1.54, 1.807) is 7.11 Å². The maximum absolute atomic E-state index is 6.27.